The molecule has 5 nitrogen and oxygen atoms in total. The number of carbonyl (C=O) groups excluding carboxylic acids is 2. The quantitative estimate of drug-likeness (QED) is 0.668. The number of amides is 2. The number of benzene rings is 2. The Hall–Kier alpha value is -3.08. The normalized spacial score (nSPS) is 20.9. The van der Waals surface area contributed by atoms with Gasteiger partial charge in [-0.25, -0.2) is 0 Å². The second-order valence-corrected chi connectivity index (χ2v) is 8.39. The second kappa shape index (κ2) is 9.38. The molecule has 4 rings (SSSR count). The molecule has 5 heteroatoms. The molecule has 0 unspecified atom stereocenters. The smallest absolute Gasteiger partial charge is 0.245 e. The van der Waals surface area contributed by atoms with E-state index in [4.69, 9.17) is 4.74 Å². The first-order valence-corrected chi connectivity index (χ1v) is 11.0. The fourth-order valence-corrected chi connectivity index (χ4v) is 4.65. The van der Waals surface area contributed by atoms with Crippen molar-refractivity contribution in [2.45, 2.75) is 31.7 Å². The topological polar surface area (TPSA) is 49.9 Å². The highest BCUT2D eigenvalue weighted by Crippen LogP contribution is 2.33. The van der Waals surface area contributed by atoms with E-state index in [0.29, 0.717) is 31.8 Å². The van der Waals surface area contributed by atoms with E-state index in [9.17, 15) is 9.59 Å². The predicted molar refractivity (Wildman–Crippen MR) is 122 cm³/mol. The van der Waals surface area contributed by atoms with E-state index in [1.807, 2.05) is 54.4 Å². The van der Waals surface area contributed by atoms with Gasteiger partial charge < -0.3 is 14.5 Å². The van der Waals surface area contributed by atoms with Crippen LogP contribution in [0.3, 0.4) is 0 Å². The molecule has 0 saturated carbocycles. The monoisotopic (exact) mass is 418 g/mol. The van der Waals surface area contributed by atoms with Gasteiger partial charge in [0.25, 0.3) is 0 Å². The van der Waals surface area contributed by atoms with Crippen molar-refractivity contribution < 1.29 is 14.3 Å². The number of hydrogen-bond acceptors (Lipinski definition) is 3. The Balaban J connectivity index is 1.63. The lowest BCUT2D eigenvalue weighted by Gasteiger charge is -2.40. The molecule has 0 radical (unpaired) electrons. The third-order valence-corrected chi connectivity index (χ3v) is 6.41. The van der Waals surface area contributed by atoms with Crippen molar-refractivity contribution in [3.63, 3.8) is 0 Å². The average Bonchev–Trinajstić information content (AvgIpc) is 3.30. The van der Waals surface area contributed by atoms with Crippen molar-refractivity contribution in [1.29, 1.82) is 0 Å². The van der Waals surface area contributed by atoms with Crippen molar-refractivity contribution in [1.82, 2.24) is 9.80 Å². The van der Waals surface area contributed by atoms with E-state index in [1.54, 1.807) is 12.0 Å². The maximum Gasteiger partial charge on any atom is 0.245 e. The van der Waals surface area contributed by atoms with Crippen LogP contribution in [0.5, 0.6) is 5.75 Å². The largest absolute Gasteiger partial charge is 0.496 e. The molecule has 1 aliphatic carbocycles. The van der Waals surface area contributed by atoms with Gasteiger partial charge in [-0.3, -0.25) is 9.59 Å². The molecule has 1 fully saturated rings. The molecular formula is C26H30N2O3. The summed E-state index contributed by atoms with van der Waals surface area (Å²) in [7, 11) is 3.49. The van der Waals surface area contributed by atoms with Crippen LogP contribution in [0.25, 0.3) is 11.1 Å². The molecule has 1 aliphatic heterocycles. The molecule has 162 valence electrons. The van der Waals surface area contributed by atoms with Gasteiger partial charge in [-0.2, -0.15) is 0 Å². The standard InChI is InChI=1S/C26H30N2O3/c1-27-15-16-28(25(29)17-19-9-3-4-10-19)23(26(27)30)18-20-11-5-6-12-21(20)22-13-7-8-14-24(22)31-2/h3,5-9,11-14,19,23H,4,10,15-18H2,1-2H3/t19-,23+/m1/s1. The molecule has 0 spiro atoms. The van der Waals surface area contributed by atoms with Gasteiger partial charge in [-0.05, 0) is 36.0 Å². The summed E-state index contributed by atoms with van der Waals surface area (Å²) in [6, 6.07) is 15.5. The molecule has 1 saturated heterocycles. The highest BCUT2D eigenvalue weighted by molar-refractivity contribution is 5.89. The Bertz CT molecular complexity index is 984. The summed E-state index contributed by atoms with van der Waals surface area (Å²) in [5, 5.41) is 0. The minimum atomic E-state index is -0.479. The SMILES string of the molecule is COc1ccccc1-c1ccccc1C[C@H]1C(=O)N(C)CCN1C(=O)C[C@@H]1C=CCC1. The van der Waals surface area contributed by atoms with Crippen molar-refractivity contribution >= 4 is 11.8 Å². The predicted octanol–water partition coefficient (Wildman–Crippen LogP) is 3.93. The molecule has 0 N–H and O–H groups in total. The van der Waals surface area contributed by atoms with Crippen LogP contribution < -0.4 is 4.74 Å². The van der Waals surface area contributed by atoms with Gasteiger partial charge in [0.05, 0.1) is 7.11 Å². The summed E-state index contributed by atoms with van der Waals surface area (Å²) in [4.78, 5) is 29.9. The summed E-state index contributed by atoms with van der Waals surface area (Å²) < 4.78 is 5.57. The number of likely N-dealkylation sites (N-methyl/N-ethyl adjacent to an activating group) is 1. The summed E-state index contributed by atoms with van der Waals surface area (Å²) >= 11 is 0. The molecule has 1 heterocycles. The third-order valence-electron chi connectivity index (χ3n) is 6.41. The van der Waals surface area contributed by atoms with Crippen LogP contribution in [0, 0.1) is 5.92 Å². The molecule has 2 aromatic rings. The number of para-hydroxylation sites is 1. The van der Waals surface area contributed by atoms with Crippen molar-refractivity contribution in [3.05, 3.63) is 66.2 Å². The van der Waals surface area contributed by atoms with Crippen LogP contribution in [0.1, 0.15) is 24.8 Å². The maximum atomic E-state index is 13.2. The van der Waals surface area contributed by atoms with Gasteiger partial charge in [0.2, 0.25) is 11.8 Å². The van der Waals surface area contributed by atoms with Crippen LogP contribution in [-0.2, 0) is 16.0 Å². The number of allylic oxidation sites excluding steroid dienone is 2. The summed E-state index contributed by atoms with van der Waals surface area (Å²) in [5.74, 6) is 1.18. The van der Waals surface area contributed by atoms with Crippen molar-refractivity contribution in [2.24, 2.45) is 5.92 Å². The fraction of sp³-hybridized carbons (Fsp3) is 0.385. The number of rotatable bonds is 6. The van der Waals surface area contributed by atoms with Gasteiger partial charge in [-0.1, -0.05) is 54.6 Å². The number of methoxy groups -OCH3 is 1. The average molecular weight is 419 g/mol. The fourth-order valence-electron chi connectivity index (χ4n) is 4.65. The van der Waals surface area contributed by atoms with E-state index >= 15 is 0 Å². The first kappa shape index (κ1) is 21.2. The molecule has 0 bridgehead atoms. The minimum Gasteiger partial charge on any atom is -0.496 e. The number of ether oxygens (including phenoxy) is 1. The van der Waals surface area contributed by atoms with Gasteiger partial charge >= 0.3 is 0 Å². The first-order valence-electron chi connectivity index (χ1n) is 11.0. The molecule has 31 heavy (non-hydrogen) atoms. The van der Waals surface area contributed by atoms with Crippen molar-refractivity contribution in [2.75, 3.05) is 27.2 Å². The van der Waals surface area contributed by atoms with Crippen LogP contribution in [0.4, 0.5) is 0 Å². The molecule has 2 aliphatic rings. The van der Waals surface area contributed by atoms with E-state index in [0.717, 1.165) is 35.3 Å². The molecule has 2 amide bonds. The molecular weight excluding hydrogens is 388 g/mol. The minimum absolute atomic E-state index is 0.0105. The lowest BCUT2D eigenvalue weighted by Crippen LogP contribution is -2.58. The van der Waals surface area contributed by atoms with Gasteiger partial charge in [0.15, 0.2) is 0 Å². The third kappa shape index (κ3) is 4.50. The lowest BCUT2D eigenvalue weighted by atomic mass is 9.92. The van der Waals surface area contributed by atoms with Gasteiger partial charge in [0.1, 0.15) is 11.8 Å². The van der Waals surface area contributed by atoms with Crippen LogP contribution in [-0.4, -0.2) is 54.9 Å². The van der Waals surface area contributed by atoms with E-state index < -0.39 is 6.04 Å². The zero-order valence-electron chi connectivity index (χ0n) is 18.3. The molecule has 2 atom stereocenters. The van der Waals surface area contributed by atoms with E-state index in [-0.39, 0.29) is 11.8 Å². The molecule has 0 aromatic heterocycles. The van der Waals surface area contributed by atoms with Crippen LogP contribution in [0.2, 0.25) is 0 Å². The Morgan fingerprint density at radius 1 is 1.06 bits per heavy atom. The zero-order chi connectivity index (χ0) is 21.8. The number of carbonyl (C=O) groups is 2. The first-order chi connectivity index (χ1) is 15.1. The van der Waals surface area contributed by atoms with Crippen molar-refractivity contribution in [3.8, 4) is 16.9 Å². The van der Waals surface area contributed by atoms with Gasteiger partial charge in [-0.15, -0.1) is 0 Å². The van der Waals surface area contributed by atoms with E-state index in [2.05, 4.69) is 18.2 Å². The summed E-state index contributed by atoms with van der Waals surface area (Å²) in [6.45, 7) is 1.16. The van der Waals surface area contributed by atoms with Crippen LogP contribution >= 0.6 is 0 Å². The summed E-state index contributed by atoms with van der Waals surface area (Å²) in [5.41, 5.74) is 3.07. The van der Waals surface area contributed by atoms with E-state index in [1.165, 1.54) is 0 Å². The number of piperazine rings is 1. The van der Waals surface area contributed by atoms with Crippen LogP contribution in [0.15, 0.2) is 60.7 Å². The Morgan fingerprint density at radius 2 is 1.81 bits per heavy atom. The summed E-state index contributed by atoms with van der Waals surface area (Å²) in [6.07, 6.45) is 7.32. The Labute approximate surface area is 184 Å². The second-order valence-electron chi connectivity index (χ2n) is 8.39. The zero-order valence-corrected chi connectivity index (χ0v) is 18.3. The Kier molecular flexibility index (Phi) is 6.40. The number of nitrogens with zero attached hydrogens (tertiary/aromatic N) is 2. The van der Waals surface area contributed by atoms with Gasteiger partial charge in [0, 0.05) is 38.5 Å². The highest BCUT2D eigenvalue weighted by atomic mass is 16.5. The highest BCUT2D eigenvalue weighted by Gasteiger charge is 2.36. The lowest BCUT2D eigenvalue weighted by molar-refractivity contribution is -0.150. The maximum absolute atomic E-state index is 13.2. The number of hydrogen-bond donors (Lipinski definition) is 0. The molecule has 2 aromatic carbocycles. The Morgan fingerprint density at radius 3 is 2.55 bits per heavy atom.